The topological polar surface area (TPSA) is 59.7 Å². The van der Waals surface area contributed by atoms with Gasteiger partial charge in [0.05, 0.1) is 0 Å². The Labute approximate surface area is 87.6 Å². The fraction of sp³-hybridized carbons (Fsp3) is 0. The summed E-state index contributed by atoms with van der Waals surface area (Å²) in [5, 5.41) is 0. The van der Waals surface area contributed by atoms with E-state index in [-0.39, 0.29) is 0 Å². The van der Waals surface area contributed by atoms with E-state index in [2.05, 4.69) is 68.0 Å². The van der Waals surface area contributed by atoms with Crippen molar-refractivity contribution in [3.63, 3.8) is 0 Å². The molecule has 3 nitrogen and oxygen atoms in total. The molecule has 0 aliphatic rings. The van der Waals surface area contributed by atoms with Crippen molar-refractivity contribution < 1.29 is 28.7 Å². The third kappa shape index (κ3) is 7260. The summed E-state index contributed by atoms with van der Waals surface area (Å²) in [6.45, 7) is 20.0. The normalized spacial score (nSPS) is 2.27. The van der Waals surface area contributed by atoms with Crippen LogP contribution in [0.4, 0.5) is 0 Å². The zero-order chi connectivity index (χ0) is 10.7. The average Bonchev–Trinajstić information content (AvgIpc) is 2.18. The maximum atomic E-state index is 7.50. The van der Waals surface area contributed by atoms with Gasteiger partial charge in [0.2, 0.25) is 0 Å². The Kier molecular flexibility index (Phi) is 1420. The summed E-state index contributed by atoms with van der Waals surface area (Å²) in [6.07, 6.45) is 1.50. The van der Waals surface area contributed by atoms with Crippen LogP contribution in [0.25, 0.3) is 0 Å². The molecule has 0 aromatic carbocycles. The van der Waals surface area contributed by atoms with Crippen molar-refractivity contribution in [1.29, 1.82) is 0 Å². The Bertz CT molecular complexity index is 73.3. The molecule has 0 bridgehead atoms. The van der Waals surface area contributed by atoms with Crippen LogP contribution in [0.5, 0.6) is 0 Å². The summed E-state index contributed by atoms with van der Waals surface area (Å²) in [6, 6.07) is 0. The molecule has 0 unspecified atom stereocenters. The van der Waals surface area contributed by atoms with Gasteiger partial charge in [0.15, 0.2) is 0 Å². The minimum atomic E-state index is 1.50. The Hall–Kier alpha value is 0.313. The third-order valence-corrected chi connectivity index (χ3v) is 0. The Morgan fingerprint density at radius 1 is 1.00 bits per heavy atom. The molecule has 62 valence electrons. The van der Waals surface area contributed by atoms with Crippen LogP contribution in [0.1, 0.15) is 0 Å². The van der Waals surface area contributed by atoms with Gasteiger partial charge in [-0.1, -0.05) is 6.08 Å². The summed E-state index contributed by atoms with van der Waals surface area (Å²) in [4.78, 5) is 0. The first-order valence-electron chi connectivity index (χ1n) is 1.56. The van der Waals surface area contributed by atoms with Crippen molar-refractivity contribution in [2.24, 2.45) is 0 Å². The Balaban J connectivity index is -0.0000000139. The average molecular weight is 353 g/mol. The van der Waals surface area contributed by atoms with E-state index in [1.165, 1.54) is 6.08 Å². The van der Waals surface area contributed by atoms with Gasteiger partial charge in [-0.3, -0.25) is 0 Å². The first kappa shape index (κ1) is 30.2. The molecular formula is C6H5IO3Ru. The van der Waals surface area contributed by atoms with Gasteiger partial charge in [-0.2, -0.15) is 0 Å². The zero-order valence-corrected chi connectivity index (χ0v) is 9.34. The number of hydrogen-bond donors (Lipinski definition) is 0. The molecule has 0 fully saturated rings. The number of halogens is 1. The van der Waals surface area contributed by atoms with Gasteiger partial charge >= 0.3 is 68.4 Å². The fourth-order valence-corrected chi connectivity index (χ4v) is 0. The molecule has 0 saturated carbocycles. The van der Waals surface area contributed by atoms with Crippen molar-refractivity contribution in [1.82, 2.24) is 0 Å². The summed E-state index contributed by atoms with van der Waals surface area (Å²) in [5.41, 5.74) is 0. The third-order valence-electron chi connectivity index (χ3n) is 0. The molecule has 0 aromatic heterocycles. The number of rotatable bonds is 0. The summed E-state index contributed by atoms with van der Waals surface area (Å²) in [7, 11) is 0. The van der Waals surface area contributed by atoms with E-state index >= 15 is 0 Å². The predicted octanol–water partition coefficient (Wildman–Crippen LogP) is 1.78. The van der Waals surface area contributed by atoms with Gasteiger partial charge < -0.3 is 0 Å². The van der Waals surface area contributed by atoms with E-state index in [0.29, 0.717) is 0 Å². The van der Waals surface area contributed by atoms with Crippen molar-refractivity contribution in [3.8, 4) is 0 Å². The molecule has 0 aliphatic carbocycles. The van der Waals surface area contributed by atoms with Crippen molar-refractivity contribution in [3.05, 3.63) is 39.5 Å². The molecule has 5 heteroatoms. The second-order valence-electron chi connectivity index (χ2n) is 0.289. The second-order valence-corrected chi connectivity index (χ2v) is 0.289. The van der Waals surface area contributed by atoms with Gasteiger partial charge in [-0.25, -0.2) is 0 Å². The van der Waals surface area contributed by atoms with Gasteiger partial charge in [0.1, 0.15) is 0 Å². The Morgan fingerprint density at radius 3 is 1.00 bits per heavy atom. The maximum absolute atomic E-state index is 7.50. The molecule has 0 rings (SSSR count). The van der Waals surface area contributed by atoms with Crippen LogP contribution >= 0.6 is 19.8 Å². The SMILES string of the molecule is [C-]#[O+].[C-]#[O+].[C-]#[O+].[CH2]C=C.[Ru][I]. The van der Waals surface area contributed by atoms with Crippen LogP contribution in [-0.4, -0.2) is 0 Å². The molecule has 0 saturated heterocycles. The summed E-state index contributed by atoms with van der Waals surface area (Å²) < 4.78 is 22.5. The van der Waals surface area contributed by atoms with Crippen molar-refractivity contribution in [2.45, 2.75) is 0 Å². The molecule has 0 aliphatic heterocycles. The molecule has 11 heavy (non-hydrogen) atoms. The van der Waals surface area contributed by atoms with Crippen LogP contribution in [0.15, 0.2) is 12.7 Å². The van der Waals surface area contributed by atoms with Gasteiger partial charge in [-0.15, -0.1) is 6.58 Å². The minimum absolute atomic E-state index is 1.50. The van der Waals surface area contributed by atoms with E-state index < -0.39 is 0 Å². The molecule has 0 N–H and O–H groups in total. The van der Waals surface area contributed by atoms with Crippen LogP contribution in [0.2, 0.25) is 0 Å². The van der Waals surface area contributed by atoms with E-state index in [4.69, 9.17) is 14.0 Å². The van der Waals surface area contributed by atoms with Crippen LogP contribution < -0.4 is 0 Å². The van der Waals surface area contributed by atoms with E-state index in [1.54, 1.807) is 0 Å². The van der Waals surface area contributed by atoms with Crippen LogP contribution in [-0.2, 0) is 28.7 Å². The van der Waals surface area contributed by atoms with Crippen molar-refractivity contribution >= 4 is 19.8 Å². The molecule has 1 radical (unpaired) electrons. The molecule has 0 amide bonds. The summed E-state index contributed by atoms with van der Waals surface area (Å²) >= 11 is 4.40. The van der Waals surface area contributed by atoms with Crippen LogP contribution in [0, 0.1) is 26.9 Å². The molecular weight excluding hydrogens is 348 g/mol. The van der Waals surface area contributed by atoms with E-state index in [0.717, 1.165) is 0 Å². The fourth-order valence-electron chi connectivity index (χ4n) is 0. The van der Waals surface area contributed by atoms with Crippen LogP contribution in [0.3, 0.4) is 0 Å². The number of allylic oxidation sites excluding steroid dienone is 1. The van der Waals surface area contributed by atoms with E-state index in [1.807, 2.05) is 0 Å². The van der Waals surface area contributed by atoms with Gasteiger partial charge in [0.25, 0.3) is 0 Å². The monoisotopic (exact) mass is 354 g/mol. The van der Waals surface area contributed by atoms with E-state index in [9.17, 15) is 0 Å². The van der Waals surface area contributed by atoms with Gasteiger partial charge in [-0.05, 0) is 6.92 Å². The molecule has 0 heterocycles. The number of hydrogen-bond acceptors (Lipinski definition) is 0. The summed E-state index contributed by atoms with van der Waals surface area (Å²) in [5.74, 6) is 0. The second kappa shape index (κ2) is 519. The standard InChI is InChI=1S/C3H5.3CO.HI.Ru/c1-3-2;3*1-2;;/h3H,1-2H2;;;;1H;/q;;;;;+1/p-1. The predicted molar refractivity (Wildman–Crippen MR) is 41.4 cm³/mol. The van der Waals surface area contributed by atoms with Gasteiger partial charge in [0, 0.05) is 0 Å². The Morgan fingerprint density at radius 2 is 1.00 bits per heavy atom. The zero-order valence-electron chi connectivity index (χ0n) is 5.45. The first-order valence-corrected chi connectivity index (χ1v) is 6.73. The molecule has 0 aromatic rings. The molecule has 0 atom stereocenters. The molecule has 0 spiro atoms. The van der Waals surface area contributed by atoms with Crippen molar-refractivity contribution in [2.75, 3.05) is 0 Å². The quantitative estimate of drug-likeness (QED) is 0.276. The first-order chi connectivity index (χ1) is 5.41.